The van der Waals surface area contributed by atoms with Gasteiger partial charge in [0.2, 0.25) is 11.9 Å². The molecule has 3 aromatic rings. The molecule has 1 aliphatic carbocycles. The van der Waals surface area contributed by atoms with Gasteiger partial charge in [0, 0.05) is 62.0 Å². The molecule has 1 fully saturated rings. The van der Waals surface area contributed by atoms with Gasteiger partial charge in [0.25, 0.3) is 0 Å². The monoisotopic (exact) mass is 392 g/mol. The Kier molecular flexibility index (Phi) is 4.48. The number of carbonyl (C=O) groups excluding carboxylic acids is 1. The molecule has 0 spiro atoms. The number of hydrogen-bond donors (Lipinski definition) is 0. The zero-order valence-corrected chi connectivity index (χ0v) is 16.2. The van der Waals surface area contributed by atoms with E-state index in [1.54, 1.807) is 29.9 Å². The van der Waals surface area contributed by atoms with Gasteiger partial charge in [-0.15, -0.1) is 11.3 Å². The summed E-state index contributed by atoms with van der Waals surface area (Å²) in [6.45, 7) is 3.25. The largest absolute Gasteiger partial charge is 0.337 e. The Morgan fingerprint density at radius 3 is 2.39 bits per heavy atom. The van der Waals surface area contributed by atoms with E-state index in [1.165, 1.54) is 4.88 Å². The first kappa shape index (κ1) is 17.2. The summed E-state index contributed by atoms with van der Waals surface area (Å²) in [6, 6.07) is 5.98. The van der Waals surface area contributed by atoms with Gasteiger partial charge in [-0.1, -0.05) is 6.07 Å². The van der Waals surface area contributed by atoms with Gasteiger partial charge in [0.1, 0.15) is 0 Å². The number of nitrogens with zero attached hydrogens (tertiary/aromatic N) is 6. The number of rotatable bonds is 3. The Hall–Kier alpha value is -2.87. The van der Waals surface area contributed by atoms with Crippen molar-refractivity contribution in [2.45, 2.75) is 18.8 Å². The van der Waals surface area contributed by atoms with Crippen molar-refractivity contribution in [1.29, 1.82) is 0 Å². The molecule has 8 heteroatoms. The zero-order chi connectivity index (χ0) is 18.9. The van der Waals surface area contributed by atoms with Crippen LogP contribution in [0.1, 0.15) is 33.3 Å². The number of hydrogen-bond acceptors (Lipinski definition) is 8. The third kappa shape index (κ3) is 3.24. The van der Waals surface area contributed by atoms with Gasteiger partial charge in [-0.05, 0) is 23.9 Å². The molecule has 1 aliphatic heterocycles. The van der Waals surface area contributed by atoms with Gasteiger partial charge in [0.15, 0.2) is 5.78 Å². The topological polar surface area (TPSA) is 75.1 Å². The van der Waals surface area contributed by atoms with Crippen molar-refractivity contribution >= 4 is 29.0 Å². The summed E-state index contributed by atoms with van der Waals surface area (Å²) < 4.78 is 0. The maximum absolute atomic E-state index is 12.6. The van der Waals surface area contributed by atoms with Crippen LogP contribution in [0.2, 0.25) is 0 Å². The molecule has 3 aromatic heterocycles. The molecule has 0 N–H and O–H groups in total. The Morgan fingerprint density at radius 2 is 1.68 bits per heavy atom. The predicted molar refractivity (Wildman–Crippen MR) is 108 cm³/mol. The number of ketones is 1. The van der Waals surface area contributed by atoms with Gasteiger partial charge >= 0.3 is 0 Å². The summed E-state index contributed by atoms with van der Waals surface area (Å²) in [7, 11) is 0. The van der Waals surface area contributed by atoms with E-state index in [0.29, 0.717) is 17.9 Å². The molecular formula is C20H20N6OS. The van der Waals surface area contributed by atoms with Crippen molar-refractivity contribution in [3.63, 3.8) is 0 Å². The summed E-state index contributed by atoms with van der Waals surface area (Å²) >= 11 is 1.71. The summed E-state index contributed by atoms with van der Waals surface area (Å²) in [6.07, 6.45) is 6.60. The van der Waals surface area contributed by atoms with E-state index in [0.717, 1.165) is 44.2 Å². The van der Waals surface area contributed by atoms with E-state index in [4.69, 9.17) is 4.98 Å². The van der Waals surface area contributed by atoms with Crippen molar-refractivity contribution in [1.82, 2.24) is 19.9 Å². The van der Waals surface area contributed by atoms with E-state index in [-0.39, 0.29) is 11.7 Å². The molecule has 0 bridgehead atoms. The molecule has 0 radical (unpaired) electrons. The third-order valence-electron chi connectivity index (χ3n) is 5.37. The minimum absolute atomic E-state index is 0.150. The minimum Gasteiger partial charge on any atom is -0.337 e. The molecule has 0 unspecified atom stereocenters. The van der Waals surface area contributed by atoms with Crippen molar-refractivity contribution in [2.75, 3.05) is 36.0 Å². The number of fused-ring (bicyclic) bond motifs is 1. The van der Waals surface area contributed by atoms with Crippen LogP contribution >= 0.6 is 11.3 Å². The quantitative estimate of drug-likeness (QED) is 0.678. The smallest absolute Gasteiger partial charge is 0.225 e. The number of carbonyl (C=O) groups is 1. The number of piperazine rings is 1. The maximum atomic E-state index is 12.6. The average molecular weight is 392 g/mol. The first-order valence-electron chi connectivity index (χ1n) is 9.47. The molecule has 5 rings (SSSR count). The average Bonchev–Trinajstić information content (AvgIpc) is 3.29. The summed E-state index contributed by atoms with van der Waals surface area (Å²) in [5.74, 6) is 1.86. The zero-order valence-electron chi connectivity index (χ0n) is 15.4. The van der Waals surface area contributed by atoms with Crippen LogP contribution in [-0.4, -0.2) is 51.9 Å². The van der Waals surface area contributed by atoms with Crippen molar-refractivity contribution < 1.29 is 4.79 Å². The highest BCUT2D eigenvalue weighted by atomic mass is 32.1. The molecule has 0 amide bonds. The molecule has 28 heavy (non-hydrogen) atoms. The first-order valence-corrected chi connectivity index (χ1v) is 10.4. The first-order chi connectivity index (χ1) is 13.8. The van der Waals surface area contributed by atoms with Gasteiger partial charge < -0.3 is 9.80 Å². The number of anilines is 2. The molecule has 2 aliphatic rings. The molecule has 1 saturated heterocycles. The second kappa shape index (κ2) is 7.27. The molecule has 0 aromatic carbocycles. The molecule has 7 nitrogen and oxygen atoms in total. The maximum Gasteiger partial charge on any atom is 0.225 e. The Morgan fingerprint density at radius 1 is 0.929 bits per heavy atom. The predicted octanol–water partition coefficient (Wildman–Crippen LogP) is 2.57. The lowest BCUT2D eigenvalue weighted by Gasteiger charge is -2.35. The Labute approximate surface area is 167 Å². The van der Waals surface area contributed by atoms with Crippen molar-refractivity contribution in [3.05, 3.63) is 58.3 Å². The normalized spacial score (nSPS) is 19.6. The minimum atomic E-state index is 0.150. The van der Waals surface area contributed by atoms with Gasteiger partial charge in [0.05, 0.1) is 11.3 Å². The molecule has 1 atom stereocenters. The van der Waals surface area contributed by atoms with Crippen LogP contribution in [0.5, 0.6) is 0 Å². The van der Waals surface area contributed by atoms with E-state index in [9.17, 15) is 4.79 Å². The lowest BCUT2D eigenvalue weighted by atomic mass is 9.86. The van der Waals surface area contributed by atoms with Gasteiger partial charge in [-0.25, -0.2) is 19.9 Å². The van der Waals surface area contributed by atoms with Crippen LogP contribution in [0.15, 0.2) is 42.2 Å². The lowest BCUT2D eigenvalue weighted by Crippen LogP contribution is -2.47. The molecular weight excluding hydrogens is 372 g/mol. The van der Waals surface area contributed by atoms with Crippen LogP contribution in [0.3, 0.4) is 0 Å². The lowest BCUT2D eigenvalue weighted by molar-refractivity contribution is 0.0963. The Bertz CT molecular complexity index is 970. The van der Waals surface area contributed by atoms with Crippen molar-refractivity contribution in [2.24, 2.45) is 0 Å². The highest BCUT2D eigenvalue weighted by Crippen LogP contribution is 2.34. The van der Waals surface area contributed by atoms with Gasteiger partial charge in [-0.2, -0.15) is 0 Å². The molecule has 142 valence electrons. The summed E-state index contributed by atoms with van der Waals surface area (Å²) in [4.78, 5) is 36.1. The fourth-order valence-corrected chi connectivity index (χ4v) is 4.70. The standard InChI is InChI=1S/C20H20N6OS/c27-17-12-14(18-3-1-10-28-18)11-16-15(17)13-23-20(24-16)26-8-6-25(7-9-26)19-21-4-2-5-22-19/h1-5,10,13-14H,6-9,11-12H2/t14-/m0/s1. The van der Waals surface area contributed by atoms with Crippen LogP contribution in [0, 0.1) is 0 Å². The summed E-state index contributed by atoms with van der Waals surface area (Å²) in [5.41, 5.74) is 1.57. The number of aromatic nitrogens is 4. The Balaban J connectivity index is 1.33. The van der Waals surface area contributed by atoms with Crippen LogP contribution < -0.4 is 9.80 Å². The fourth-order valence-electron chi connectivity index (χ4n) is 3.87. The van der Waals surface area contributed by atoms with E-state index in [2.05, 4.69) is 36.2 Å². The SMILES string of the molecule is O=C1C[C@@H](c2cccs2)Cc2nc(N3CCN(c4ncccn4)CC3)ncc21. The summed E-state index contributed by atoms with van der Waals surface area (Å²) in [5, 5.41) is 2.07. The second-order valence-electron chi connectivity index (χ2n) is 7.10. The molecule has 0 saturated carbocycles. The fraction of sp³-hybridized carbons (Fsp3) is 0.350. The van der Waals surface area contributed by atoms with Crippen molar-refractivity contribution in [3.8, 4) is 0 Å². The van der Waals surface area contributed by atoms with E-state index in [1.807, 2.05) is 12.1 Å². The number of Topliss-reactive ketones (excluding diaryl/α,β-unsaturated/α-hetero) is 1. The highest BCUT2D eigenvalue weighted by molar-refractivity contribution is 7.10. The molecule has 4 heterocycles. The number of thiophene rings is 1. The van der Waals surface area contributed by atoms with Crippen LogP contribution in [-0.2, 0) is 6.42 Å². The van der Waals surface area contributed by atoms with Crippen LogP contribution in [0.25, 0.3) is 0 Å². The third-order valence-corrected chi connectivity index (χ3v) is 6.40. The van der Waals surface area contributed by atoms with Gasteiger partial charge in [-0.3, -0.25) is 4.79 Å². The van der Waals surface area contributed by atoms with E-state index >= 15 is 0 Å². The highest BCUT2D eigenvalue weighted by Gasteiger charge is 2.29. The van der Waals surface area contributed by atoms with Crippen LogP contribution in [0.4, 0.5) is 11.9 Å². The van der Waals surface area contributed by atoms with E-state index < -0.39 is 0 Å². The second-order valence-corrected chi connectivity index (χ2v) is 8.08.